The van der Waals surface area contributed by atoms with Crippen LogP contribution < -0.4 is 11.1 Å². The van der Waals surface area contributed by atoms with Crippen LogP contribution in [0, 0.1) is 5.92 Å². The van der Waals surface area contributed by atoms with Crippen LogP contribution in [0.1, 0.15) is 32.6 Å². The van der Waals surface area contributed by atoms with Gasteiger partial charge in [0.1, 0.15) is 5.82 Å². The number of aliphatic hydroxyl groups excluding tert-OH is 1. The van der Waals surface area contributed by atoms with Crippen molar-refractivity contribution in [1.82, 2.24) is 4.98 Å². The average molecular weight is 314 g/mol. The maximum Gasteiger partial charge on any atom is 0.149 e. The molecule has 4 nitrogen and oxygen atoms in total. The van der Waals surface area contributed by atoms with E-state index in [4.69, 9.17) is 5.73 Å². The van der Waals surface area contributed by atoms with Gasteiger partial charge >= 0.3 is 0 Å². The van der Waals surface area contributed by atoms with E-state index in [1.54, 1.807) is 6.20 Å². The third kappa shape index (κ3) is 2.95. The van der Waals surface area contributed by atoms with E-state index in [1.807, 2.05) is 6.07 Å². The van der Waals surface area contributed by atoms with E-state index in [9.17, 15) is 5.11 Å². The van der Waals surface area contributed by atoms with Gasteiger partial charge in [0.2, 0.25) is 0 Å². The maximum atomic E-state index is 9.69. The zero-order valence-electron chi connectivity index (χ0n) is 10.6. The standard InChI is InChI=1S/C13H20BrN3O/c1-9-2-4-13(8-18,5-3-9)17-12-11(15)6-10(14)7-16-12/h6-7,9,18H,2-5,8,15H2,1H3,(H,16,17). The second-order valence-electron chi connectivity index (χ2n) is 5.34. The first-order chi connectivity index (χ1) is 8.54. The Labute approximate surface area is 116 Å². The van der Waals surface area contributed by atoms with Gasteiger partial charge in [-0.2, -0.15) is 0 Å². The van der Waals surface area contributed by atoms with Crippen LogP contribution in [-0.2, 0) is 0 Å². The number of nitrogens with two attached hydrogens (primary N) is 1. The zero-order valence-corrected chi connectivity index (χ0v) is 12.2. The molecule has 5 heteroatoms. The number of hydrogen-bond acceptors (Lipinski definition) is 4. The van der Waals surface area contributed by atoms with Crippen LogP contribution in [0.3, 0.4) is 0 Å². The molecule has 2 rings (SSSR count). The lowest BCUT2D eigenvalue weighted by Gasteiger charge is -2.39. The number of rotatable bonds is 3. The van der Waals surface area contributed by atoms with Crippen LogP contribution in [0.5, 0.6) is 0 Å². The zero-order chi connectivity index (χ0) is 13.2. The van der Waals surface area contributed by atoms with E-state index in [0.29, 0.717) is 11.5 Å². The van der Waals surface area contributed by atoms with Crippen LogP contribution in [0.25, 0.3) is 0 Å². The number of nitrogen functional groups attached to an aromatic ring is 1. The number of nitrogens with zero attached hydrogens (tertiary/aromatic N) is 1. The number of pyridine rings is 1. The summed E-state index contributed by atoms with van der Waals surface area (Å²) < 4.78 is 0.862. The highest BCUT2D eigenvalue weighted by Crippen LogP contribution is 2.35. The van der Waals surface area contributed by atoms with Gasteiger partial charge in [-0.3, -0.25) is 0 Å². The smallest absolute Gasteiger partial charge is 0.149 e. The molecule has 0 saturated heterocycles. The van der Waals surface area contributed by atoms with E-state index < -0.39 is 0 Å². The minimum Gasteiger partial charge on any atom is -0.396 e. The lowest BCUT2D eigenvalue weighted by molar-refractivity contribution is 0.155. The van der Waals surface area contributed by atoms with Gasteiger partial charge in [-0.25, -0.2) is 4.98 Å². The topological polar surface area (TPSA) is 71.2 Å². The van der Waals surface area contributed by atoms with Gasteiger partial charge in [0.25, 0.3) is 0 Å². The van der Waals surface area contributed by atoms with Crippen molar-refractivity contribution >= 4 is 27.4 Å². The van der Waals surface area contributed by atoms with Gasteiger partial charge in [-0.15, -0.1) is 0 Å². The molecule has 0 unspecified atom stereocenters. The number of halogens is 1. The van der Waals surface area contributed by atoms with Crippen LogP contribution in [0.4, 0.5) is 11.5 Å². The molecule has 1 heterocycles. The third-order valence-corrected chi connectivity index (χ3v) is 4.24. The van der Waals surface area contributed by atoms with E-state index in [-0.39, 0.29) is 12.1 Å². The Morgan fingerprint density at radius 1 is 1.56 bits per heavy atom. The van der Waals surface area contributed by atoms with Gasteiger partial charge < -0.3 is 16.2 Å². The lowest BCUT2D eigenvalue weighted by atomic mass is 9.77. The van der Waals surface area contributed by atoms with Crippen molar-refractivity contribution in [2.24, 2.45) is 5.92 Å². The molecule has 0 amide bonds. The largest absolute Gasteiger partial charge is 0.396 e. The molecular weight excluding hydrogens is 294 g/mol. The third-order valence-electron chi connectivity index (χ3n) is 3.80. The molecule has 1 aliphatic rings. The molecule has 18 heavy (non-hydrogen) atoms. The minimum absolute atomic E-state index is 0.122. The molecule has 100 valence electrons. The fourth-order valence-electron chi connectivity index (χ4n) is 2.45. The van der Waals surface area contributed by atoms with Crippen molar-refractivity contribution in [2.75, 3.05) is 17.7 Å². The van der Waals surface area contributed by atoms with Crippen molar-refractivity contribution in [3.8, 4) is 0 Å². The minimum atomic E-state index is -0.262. The molecule has 1 saturated carbocycles. The Hall–Kier alpha value is -0.810. The summed E-state index contributed by atoms with van der Waals surface area (Å²) >= 11 is 3.34. The summed E-state index contributed by atoms with van der Waals surface area (Å²) in [6.07, 6.45) is 5.90. The Morgan fingerprint density at radius 2 is 2.22 bits per heavy atom. The molecule has 1 aliphatic carbocycles. The van der Waals surface area contributed by atoms with E-state index in [0.717, 1.165) is 36.1 Å². The fourth-order valence-corrected chi connectivity index (χ4v) is 2.80. The summed E-state index contributed by atoms with van der Waals surface area (Å²) in [5.74, 6) is 1.41. The van der Waals surface area contributed by atoms with Crippen molar-refractivity contribution < 1.29 is 5.11 Å². The Balaban J connectivity index is 2.15. The first-order valence-corrected chi connectivity index (χ1v) is 7.14. The summed E-state index contributed by atoms with van der Waals surface area (Å²) in [5.41, 5.74) is 6.29. The van der Waals surface area contributed by atoms with Crippen LogP contribution in [-0.4, -0.2) is 22.2 Å². The van der Waals surface area contributed by atoms with Crippen molar-refractivity contribution in [3.05, 3.63) is 16.7 Å². The predicted octanol–water partition coefficient (Wildman–Crippen LogP) is 2.78. The highest BCUT2D eigenvalue weighted by atomic mass is 79.9. The Kier molecular flexibility index (Phi) is 4.12. The molecule has 1 aromatic heterocycles. The summed E-state index contributed by atoms with van der Waals surface area (Å²) in [5, 5.41) is 13.0. The Bertz CT molecular complexity index is 417. The molecule has 0 atom stereocenters. The number of nitrogens with one attached hydrogen (secondary N) is 1. The van der Waals surface area contributed by atoms with Crippen LogP contribution in [0.15, 0.2) is 16.7 Å². The molecular formula is C13H20BrN3O. The average Bonchev–Trinajstić information content (AvgIpc) is 2.36. The van der Waals surface area contributed by atoms with Gasteiger partial charge in [0, 0.05) is 10.7 Å². The van der Waals surface area contributed by atoms with Gasteiger partial charge in [0.05, 0.1) is 17.8 Å². The monoisotopic (exact) mass is 313 g/mol. The maximum absolute atomic E-state index is 9.69. The highest BCUT2D eigenvalue weighted by molar-refractivity contribution is 9.10. The first-order valence-electron chi connectivity index (χ1n) is 6.35. The molecule has 0 aromatic carbocycles. The van der Waals surface area contributed by atoms with Crippen LogP contribution in [0.2, 0.25) is 0 Å². The SMILES string of the molecule is CC1CCC(CO)(Nc2ncc(Br)cc2N)CC1. The molecule has 0 bridgehead atoms. The molecule has 0 aliphatic heterocycles. The van der Waals surface area contributed by atoms with E-state index >= 15 is 0 Å². The van der Waals surface area contributed by atoms with Crippen molar-refractivity contribution in [1.29, 1.82) is 0 Å². The second-order valence-corrected chi connectivity index (χ2v) is 6.25. The predicted molar refractivity (Wildman–Crippen MR) is 77.4 cm³/mol. The van der Waals surface area contributed by atoms with Crippen molar-refractivity contribution in [3.63, 3.8) is 0 Å². The first kappa shape index (κ1) is 13.6. The number of aromatic nitrogens is 1. The number of hydrogen-bond donors (Lipinski definition) is 3. The summed E-state index contributed by atoms with van der Waals surface area (Å²) in [7, 11) is 0. The van der Waals surface area contributed by atoms with Crippen molar-refractivity contribution in [2.45, 2.75) is 38.1 Å². The van der Waals surface area contributed by atoms with Gasteiger partial charge in [-0.05, 0) is 53.6 Å². The lowest BCUT2D eigenvalue weighted by Crippen LogP contribution is -2.45. The number of anilines is 2. The quantitative estimate of drug-likeness (QED) is 0.802. The fraction of sp³-hybridized carbons (Fsp3) is 0.615. The summed E-state index contributed by atoms with van der Waals surface area (Å²) in [6.45, 7) is 2.38. The van der Waals surface area contributed by atoms with E-state index in [1.165, 1.54) is 0 Å². The molecule has 0 spiro atoms. The molecule has 1 aromatic rings. The van der Waals surface area contributed by atoms with Crippen LogP contribution >= 0.6 is 15.9 Å². The normalized spacial score (nSPS) is 28.1. The molecule has 0 radical (unpaired) electrons. The van der Waals surface area contributed by atoms with Gasteiger partial charge in [0.15, 0.2) is 0 Å². The molecule has 1 fully saturated rings. The van der Waals surface area contributed by atoms with E-state index in [2.05, 4.69) is 33.2 Å². The second kappa shape index (κ2) is 5.45. The Morgan fingerprint density at radius 3 is 2.78 bits per heavy atom. The van der Waals surface area contributed by atoms with Gasteiger partial charge in [-0.1, -0.05) is 6.92 Å². The summed E-state index contributed by atoms with van der Waals surface area (Å²) in [4.78, 5) is 4.29. The summed E-state index contributed by atoms with van der Waals surface area (Å²) in [6, 6.07) is 1.83. The molecule has 4 N–H and O–H groups in total. The number of aliphatic hydroxyl groups is 1. The highest BCUT2D eigenvalue weighted by Gasteiger charge is 2.34.